The van der Waals surface area contributed by atoms with Gasteiger partial charge in [0.1, 0.15) is 5.75 Å². The van der Waals surface area contributed by atoms with Gasteiger partial charge in [0.15, 0.2) is 0 Å². The van der Waals surface area contributed by atoms with E-state index in [-0.39, 0.29) is 24.2 Å². The van der Waals surface area contributed by atoms with Gasteiger partial charge >= 0.3 is 0 Å². The Morgan fingerprint density at radius 3 is 2.45 bits per heavy atom. The molecule has 0 amide bonds. The zero-order valence-corrected chi connectivity index (χ0v) is 12.1. The zero-order chi connectivity index (χ0) is 14.4. The number of rotatable bonds is 7. The molecule has 1 saturated carbocycles. The molecule has 1 aliphatic rings. The summed E-state index contributed by atoms with van der Waals surface area (Å²) in [6.45, 7) is 0.265. The molecule has 6 nitrogen and oxygen atoms in total. The molecule has 1 aromatic carbocycles. The highest BCUT2D eigenvalue weighted by molar-refractivity contribution is 7.89. The highest BCUT2D eigenvalue weighted by atomic mass is 32.2. The molecule has 112 valence electrons. The van der Waals surface area contributed by atoms with Gasteiger partial charge in [0.05, 0.1) is 17.6 Å². The fourth-order valence-corrected chi connectivity index (χ4v) is 3.23. The van der Waals surface area contributed by atoms with Gasteiger partial charge in [-0.15, -0.1) is 0 Å². The number of hydrogen-bond donors (Lipinski definition) is 2. The summed E-state index contributed by atoms with van der Waals surface area (Å²) in [6, 6.07) is 6.45. The minimum absolute atomic E-state index is 0.127. The van der Waals surface area contributed by atoms with E-state index < -0.39 is 10.0 Å². The summed E-state index contributed by atoms with van der Waals surface area (Å²) in [5.41, 5.74) is 0. The highest BCUT2D eigenvalue weighted by Gasteiger charge is 2.17. The molecule has 0 aliphatic heterocycles. The molecule has 1 aliphatic carbocycles. The molecule has 0 atom stereocenters. The van der Waals surface area contributed by atoms with E-state index >= 15 is 0 Å². The van der Waals surface area contributed by atoms with Crippen molar-refractivity contribution >= 4 is 10.0 Å². The Hall–Kier alpha value is -1.15. The van der Waals surface area contributed by atoms with Gasteiger partial charge in [-0.05, 0) is 49.9 Å². The second kappa shape index (κ2) is 7.03. The predicted molar refractivity (Wildman–Crippen MR) is 74.7 cm³/mol. The maximum Gasteiger partial charge on any atom is 0.240 e. The second-order valence-electron chi connectivity index (χ2n) is 4.76. The molecule has 20 heavy (non-hydrogen) atoms. The van der Waals surface area contributed by atoms with Gasteiger partial charge in [-0.1, -0.05) is 0 Å². The van der Waals surface area contributed by atoms with E-state index in [1.807, 2.05) is 0 Å². The van der Waals surface area contributed by atoms with Crippen molar-refractivity contribution in [3.63, 3.8) is 0 Å². The molecule has 0 saturated heterocycles. The number of nitrogens with one attached hydrogen (secondary N) is 1. The molecule has 0 bridgehead atoms. The van der Waals surface area contributed by atoms with Crippen LogP contribution in [0.1, 0.15) is 25.7 Å². The monoisotopic (exact) mass is 300 g/mol. The fraction of sp³-hybridized carbons (Fsp3) is 0.538. The maximum atomic E-state index is 11.9. The molecule has 1 fully saturated rings. The van der Waals surface area contributed by atoms with Crippen LogP contribution in [0.3, 0.4) is 0 Å². The average molecular weight is 300 g/mol. The van der Waals surface area contributed by atoms with Crippen LogP contribution in [-0.4, -0.2) is 27.7 Å². The Labute approximate surface area is 119 Å². The lowest BCUT2D eigenvalue weighted by Crippen LogP contribution is -2.28. The Morgan fingerprint density at radius 1 is 1.20 bits per heavy atom. The largest absolute Gasteiger partial charge is 0.490 e. The first-order valence-corrected chi connectivity index (χ1v) is 8.18. The molecule has 2 rings (SSSR count). The molecule has 3 N–H and O–H groups in total. The third-order valence-corrected chi connectivity index (χ3v) is 4.73. The Morgan fingerprint density at radius 2 is 1.85 bits per heavy atom. The Bertz CT molecular complexity index is 510. The Kier molecular flexibility index (Phi) is 5.36. The van der Waals surface area contributed by atoms with Crippen LogP contribution < -0.4 is 15.4 Å². The van der Waals surface area contributed by atoms with E-state index in [4.69, 9.17) is 10.6 Å². The SMILES string of the molecule is NOCCNS(=O)(=O)c1ccc(OC2CCCC2)cc1. The van der Waals surface area contributed by atoms with Crippen LogP contribution >= 0.6 is 0 Å². The van der Waals surface area contributed by atoms with Crippen LogP contribution in [0, 0.1) is 0 Å². The van der Waals surface area contributed by atoms with E-state index in [0.29, 0.717) is 5.75 Å². The molecule has 0 spiro atoms. The number of hydrogen-bond acceptors (Lipinski definition) is 5. The van der Waals surface area contributed by atoms with Gasteiger partial charge in [-0.2, -0.15) is 0 Å². The molecule has 0 unspecified atom stereocenters. The van der Waals surface area contributed by atoms with Crippen LogP contribution in [0.2, 0.25) is 0 Å². The first-order chi connectivity index (χ1) is 9.62. The molecule has 1 aromatic rings. The first-order valence-electron chi connectivity index (χ1n) is 6.70. The van der Waals surface area contributed by atoms with Crippen LogP contribution in [0.5, 0.6) is 5.75 Å². The Balaban J connectivity index is 1.96. The van der Waals surface area contributed by atoms with Gasteiger partial charge < -0.3 is 9.57 Å². The van der Waals surface area contributed by atoms with Crippen LogP contribution in [0.25, 0.3) is 0 Å². The summed E-state index contributed by atoms with van der Waals surface area (Å²) in [5, 5.41) is 0. The number of nitrogens with two attached hydrogens (primary N) is 1. The predicted octanol–water partition coefficient (Wildman–Crippen LogP) is 1.18. The van der Waals surface area contributed by atoms with Crippen molar-refractivity contribution in [2.45, 2.75) is 36.7 Å². The van der Waals surface area contributed by atoms with E-state index in [1.165, 1.54) is 25.0 Å². The van der Waals surface area contributed by atoms with Gasteiger partial charge in [-0.3, -0.25) is 0 Å². The van der Waals surface area contributed by atoms with Crippen molar-refractivity contribution in [2.24, 2.45) is 5.90 Å². The van der Waals surface area contributed by atoms with Crippen molar-refractivity contribution in [1.82, 2.24) is 4.72 Å². The standard InChI is InChI=1S/C13H20N2O4S/c14-18-10-9-15-20(16,17)13-7-5-12(6-8-13)19-11-3-1-2-4-11/h5-8,11,15H,1-4,9-10,14H2. The van der Waals surface area contributed by atoms with Crippen LogP contribution in [-0.2, 0) is 14.9 Å². The summed E-state index contributed by atoms with van der Waals surface area (Å²) < 4.78 is 32.0. The highest BCUT2D eigenvalue weighted by Crippen LogP contribution is 2.24. The summed E-state index contributed by atoms with van der Waals surface area (Å²) in [6.07, 6.45) is 4.80. The average Bonchev–Trinajstić information content (AvgIpc) is 2.92. The lowest BCUT2D eigenvalue weighted by atomic mass is 10.3. The van der Waals surface area contributed by atoms with Crippen molar-refractivity contribution in [2.75, 3.05) is 13.2 Å². The number of sulfonamides is 1. The lowest BCUT2D eigenvalue weighted by Gasteiger charge is -2.13. The lowest BCUT2D eigenvalue weighted by molar-refractivity contribution is 0.143. The summed E-state index contributed by atoms with van der Waals surface area (Å²) >= 11 is 0. The second-order valence-corrected chi connectivity index (χ2v) is 6.53. The minimum atomic E-state index is -3.52. The maximum absolute atomic E-state index is 11.9. The minimum Gasteiger partial charge on any atom is -0.490 e. The smallest absolute Gasteiger partial charge is 0.240 e. The molecular formula is C13H20N2O4S. The van der Waals surface area contributed by atoms with E-state index in [1.54, 1.807) is 12.1 Å². The summed E-state index contributed by atoms with van der Waals surface area (Å²) in [5.74, 6) is 5.55. The number of ether oxygens (including phenoxy) is 1. The number of benzene rings is 1. The van der Waals surface area contributed by atoms with Crippen LogP contribution in [0.15, 0.2) is 29.2 Å². The normalized spacial score (nSPS) is 16.4. The summed E-state index contributed by atoms with van der Waals surface area (Å²) in [7, 11) is -3.52. The van der Waals surface area contributed by atoms with E-state index in [2.05, 4.69) is 9.56 Å². The molecule has 0 heterocycles. The van der Waals surface area contributed by atoms with E-state index in [0.717, 1.165) is 12.8 Å². The zero-order valence-electron chi connectivity index (χ0n) is 11.2. The molecular weight excluding hydrogens is 280 g/mol. The first kappa shape index (κ1) is 15.2. The van der Waals surface area contributed by atoms with Gasteiger partial charge in [0, 0.05) is 6.54 Å². The third-order valence-electron chi connectivity index (χ3n) is 3.25. The third kappa shape index (κ3) is 4.17. The van der Waals surface area contributed by atoms with Crippen molar-refractivity contribution < 1.29 is 18.0 Å². The topological polar surface area (TPSA) is 90.6 Å². The van der Waals surface area contributed by atoms with Gasteiger partial charge in [0.2, 0.25) is 10.0 Å². The molecule has 0 radical (unpaired) electrons. The van der Waals surface area contributed by atoms with Crippen molar-refractivity contribution in [1.29, 1.82) is 0 Å². The quantitative estimate of drug-likeness (QED) is 0.583. The summed E-state index contributed by atoms with van der Waals surface area (Å²) in [4.78, 5) is 4.52. The van der Waals surface area contributed by atoms with E-state index in [9.17, 15) is 8.42 Å². The van der Waals surface area contributed by atoms with Crippen molar-refractivity contribution in [3.05, 3.63) is 24.3 Å². The van der Waals surface area contributed by atoms with Gasteiger partial charge in [0.25, 0.3) is 0 Å². The van der Waals surface area contributed by atoms with Gasteiger partial charge in [-0.25, -0.2) is 19.0 Å². The molecule has 0 aromatic heterocycles. The fourth-order valence-electron chi connectivity index (χ4n) is 2.21. The molecule has 7 heteroatoms. The van der Waals surface area contributed by atoms with Crippen molar-refractivity contribution in [3.8, 4) is 5.75 Å². The van der Waals surface area contributed by atoms with Crippen LogP contribution in [0.4, 0.5) is 0 Å².